The van der Waals surface area contributed by atoms with E-state index in [4.69, 9.17) is 10.7 Å². The van der Waals surface area contributed by atoms with Gasteiger partial charge in [0, 0.05) is 41.3 Å². The van der Waals surface area contributed by atoms with Crippen LogP contribution in [-0.2, 0) is 5.41 Å². The summed E-state index contributed by atoms with van der Waals surface area (Å²) in [6.45, 7) is 6.32. The lowest BCUT2D eigenvalue weighted by Crippen LogP contribution is -2.26. The monoisotopic (exact) mass is 418 g/mol. The maximum atomic E-state index is 5.59. The second kappa shape index (κ2) is 8.36. The number of thiazole rings is 1. The molecule has 0 saturated heterocycles. The molecule has 30 heavy (non-hydrogen) atoms. The van der Waals surface area contributed by atoms with Crippen molar-refractivity contribution in [3.8, 4) is 21.6 Å². The largest absolute Gasteiger partial charge is 0.368 e. The normalized spacial score (nSPS) is 15.2. The molecular formula is C23H26N6S. The average molecular weight is 419 g/mol. The van der Waals surface area contributed by atoms with Crippen LogP contribution in [0.1, 0.15) is 44.2 Å². The van der Waals surface area contributed by atoms with Crippen molar-refractivity contribution in [2.75, 3.05) is 5.73 Å². The Labute approximate surface area is 180 Å². The van der Waals surface area contributed by atoms with Gasteiger partial charge in [0.05, 0.1) is 11.1 Å². The Bertz CT molecular complexity index is 1080. The van der Waals surface area contributed by atoms with Crippen molar-refractivity contribution in [2.45, 2.75) is 39.0 Å². The second-order valence-corrected chi connectivity index (χ2v) is 8.43. The van der Waals surface area contributed by atoms with Gasteiger partial charge in [0.25, 0.3) is 0 Å². The van der Waals surface area contributed by atoms with Gasteiger partial charge in [0.15, 0.2) is 0 Å². The van der Waals surface area contributed by atoms with Crippen LogP contribution >= 0.6 is 11.3 Å². The van der Waals surface area contributed by atoms with E-state index >= 15 is 0 Å². The number of rotatable bonds is 5. The number of benzene rings is 1. The Kier molecular flexibility index (Phi) is 5.63. The highest BCUT2D eigenvalue weighted by molar-refractivity contribution is 7.15. The van der Waals surface area contributed by atoms with Crippen molar-refractivity contribution in [3.05, 3.63) is 65.8 Å². The molecule has 0 bridgehead atoms. The van der Waals surface area contributed by atoms with E-state index in [0.717, 1.165) is 26.6 Å². The van der Waals surface area contributed by atoms with Crippen molar-refractivity contribution in [1.82, 2.24) is 25.1 Å². The van der Waals surface area contributed by atoms with Gasteiger partial charge < -0.3 is 5.73 Å². The molecule has 3 aromatic heterocycles. The highest BCUT2D eigenvalue weighted by Crippen LogP contribution is 2.52. The number of nitrogens with two attached hydrogens (primary N) is 1. The van der Waals surface area contributed by atoms with Gasteiger partial charge in [-0.2, -0.15) is 5.10 Å². The van der Waals surface area contributed by atoms with E-state index in [1.165, 1.54) is 18.4 Å². The molecule has 5 rings (SSSR count). The average Bonchev–Trinajstić information content (AvgIpc) is 3.28. The van der Waals surface area contributed by atoms with Crippen LogP contribution in [0.5, 0.6) is 0 Å². The third kappa shape index (κ3) is 3.73. The minimum atomic E-state index is -0.0806. The van der Waals surface area contributed by atoms with E-state index in [-0.39, 0.29) is 5.41 Å². The van der Waals surface area contributed by atoms with Gasteiger partial charge >= 0.3 is 0 Å². The third-order valence-corrected chi connectivity index (χ3v) is 6.90. The molecule has 154 valence electrons. The van der Waals surface area contributed by atoms with Crippen LogP contribution in [0.25, 0.3) is 21.6 Å². The summed E-state index contributed by atoms with van der Waals surface area (Å²) < 4.78 is 0. The SMILES string of the molecule is CC.CC(c1ccc(-c2cnc(N)nc2)cc1)(c1ncc(-c2cn[nH]c2)s1)C1CC1. The first-order chi connectivity index (χ1) is 14.6. The van der Waals surface area contributed by atoms with Crippen molar-refractivity contribution >= 4 is 17.3 Å². The standard InChI is InChI=1S/C21H20N6S.C2H6/c1-21(17-6-7-17,19-23-12-18(28-19)15-10-26-27-11-15)16-4-2-13(3-5-16)14-8-24-20(22)25-9-14;1-2/h2-5,8-12,17H,6-7H2,1H3,(H,26,27)(H2,22,24,25);1-2H3. The number of aromatic amines is 1. The number of H-pyrrole nitrogens is 1. The molecule has 6 nitrogen and oxygen atoms in total. The highest BCUT2D eigenvalue weighted by atomic mass is 32.1. The molecule has 1 saturated carbocycles. The van der Waals surface area contributed by atoms with Gasteiger partial charge in [-0.25, -0.2) is 15.0 Å². The van der Waals surface area contributed by atoms with Gasteiger partial charge in [0.1, 0.15) is 5.01 Å². The Morgan fingerprint density at radius 3 is 2.23 bits per heavy atom. The molecule has 1 fully saturated rings. The molecule has 0 spiro atoms. The number of aromatic nitrogens is 5. The summed E-state index contributed by atoms with van der Waals surface area (Å²) in [4.78, 5) is 14.1. The first-order valence-electron chi connectivity index (χ1n) is 10.3. The van der Waals surface area contributed by atoms with Crippen LogP contribution in [0.4, 0.5) is 5.95 Å². The first-order valence-corrected chi connectivity index (χ1v) is 11.1. The van der Waals surface area contributed by atoms with Crippen LogP contribution < -0.4 is 5.73 Å². The quantitative estimate of drug-likeness (QED) is 0.458. The fourth-order valence-electron chi connectivity index (χ4n) is 3.72. The minimum absolute atomic E-state index is 0.0806. The molecule has 0 radical (unpaired) electrons. The zero-order valence-electron chi connectivity index (χ0n) is 17.5. The zero-order valence-corrected chi connectivity index (χ0v) is 18.3. The first kappa shape index (κ1) is 20.2. The van der Waals surface area contributed by atoms with E-state index in [0.29, 0.717) is 11.9 Å². The Morgan fingerprint density at radius 1 is 0.933 bits per heavy atom. The predicted molar refractivity (Wildman–Crippen MR) is 122 cm³/mol. The van der Waals surface area contributed by atoms with Crippen LogP contribution in [0.2, 0.25) is 0 Å². The van der Waals surface area contributed by atoms with E-state index in [1.807, 2.05) is 32.4 Å². The fraction of sp³-hybridized carbons (Fsp3) is 0.304. The molecule has 0 aliphatic heterocycles. The molecule has 1 atom stereocenters. The number of nitrogen functional groups attached to an aromatic ring is 1. The van der Waals surface area contributed by atoms with Crippen molar-refractivity contribution in [2.24, 2.45) is 5.92 Å². The fourth-order valence-corrected chi connectivity index (χ4v) is 4.87. The number of anilines is 1. The van der Waals surface area contributed by atoms with E-state index in [2.05, 4.69) is 51.4 Å². The van der Waals surface area contributed by atoms with Gasteiger partial charge in [-0.15, -0.1) is 11.3 Å². The van der Waals surface area contributed by atoms with Crippen molar-refractivity contribution in [3.63, 3.8) is 0 Å². The predicted octanol–water partition coefficient (Wildman–Crippen LogP) is 5.31. The summed E-state index contributed by atoms with van der Waals surface area (Å²) in [6.07, 6.45) is 11.7. The van der Waals surface area contributed by atoms with Crippen molar-refractivity contribution in [1.29, 1.82) is 0 Å². The zero-order chi connectivity index (χ0) is 21.1. The lowest BCUT2D eigenvalue weighted by Gasteiger charge is -2.28. The molecule has 7 heteroatoms. The van der Waals surface area contributed by atoms with E-state index in [9.17, 15) is 0 Å². The van der Waals surface area contributed by atoms with Crippen LogP contribution in [0.15, 0.2) is 55.2 Å². The summed E-state index contributed by atoms with van der Waals surface area (Å²) in [6, 6.07) is 8.69. The molecule has 1 aromatic carbocycles. The Balaban J connectivity index is 0.00000106. The van der Waals surface area contributed by atoms with Gasteiger partial charge in [-0.3, -0.25) is 5.10 Å². The Hall–Kier alpha value is -3.06. The molecular weight excluding hydrogens is 392 g/mol. The number of nitrogens with zero attached hydrogens (tertiary/aromatic N) is 4. The summed E-state index contributed by atoms with van der Waals surface area (Å²) >= 11 is 1.76. The summed E-state index contributed by atoms with van der Waals surface area (Å²) in [5.74, 6) is 0.917. The summed E-state index contributed by atoms with van der Waals surface area (Å²) in [5.41, 5.74) is 9.94. The van der Waals surface area contributed by atoms with Crippen LogP contribution in [0, 0.1) is 5.92 Å². The topological polar surface area (TPSA) is 93.4 Å². The number of nitrogens with one attached hydrogen (secondary N) is 1. The van der Waals surface area contributed by atoms with E-state index < -0.39 is 0 Å². The molecule has 4 aromatic rings. The van der Waals surface area contributed by atoms with Gasteiger partial charge in [-0.05, 0) is 36.8 Å². The van der Waals surface area contributed by atoms with Crippen LogP contribution in [0.3, 0.4) is 0 Å². The van der Waals surface area contributed by atoms with Crippen molar-refractivity contribution < 1.29 is 0 Å². The van der Waals surface area contributed by atoms with Gasteiger partial charge in [-0.1, -0.05) is 38.1 Å². The maximum absolute atomic E-state index is 5.59. The molecule has 0 amide bonds. The summed E-state index contributed by atoms with van der Waals surface area (Å²) in [5, 5.41) is 8.10. The minimum Gasteiger partial charge on any atom is -0.368 e. The molecule has 3 heterocycles. The lowest BCUT2D eigenvalue weighted by molar-refractivity contribution is 0.492. The molecule has 3 N–H and O–H groups in total. The smallest absolute Gasteiger partial charge is 0.219 e. The molecule has 1 unspecified atom stereocenters. The number of hydrogen-bond donors (Lipinski definition) is 2. The number of hydrogen-bond acceptors (Lipinski definition) is 6. The van der Waals surface area contributed by atoms with E-state index in [1.54, 1.807) is 23.7 Å². The summed E-state index contributed by atoms with van der Waals surface area (Å²) in [7, 11) is 0. The highest BCUT2D eigenvalue weighted by Gasteiger charge is 2.46. The second-order valence-electron chi connectivity index (χ2n) is 7.40. The Morgan fingerprint density at radius 2 is 1.63 bits per heavy atom. The third-order valence-electron chi connectivity index (χ3n) is 5.62. The maximum Gasteiger partial charge on any atom is 0.219 e. The molecule has 1 aliphatic rings. The van der Waals surface area contributed by atoms with Gasteiger partial charge in [0.2, 0.25) is 5.95 Å². The molecule has 1 aliphatic carbocycles. The van der Waals surface area contributed by atoms with Crippen LogP contribution in [-0.4, -0.2) is 25.1 Å². The lowest BCUT2D eigenvalue weighted by atomic mass is 9.78.